The Balaban J connectivity index is 1.44. The number of likely N-dealkylation sites (N-methyl/N-ethyl adjacent to an activating group) is 1. The van der Waals surface area contributed by atoms with Gasteiger partial charge in [-0.1, -0.05) is 24.3 Å². The minimum atomic E-state index is -0.0574. The van der Waals surface area contributed by atoms with Gasteiger partial charge in [-0.15, -0.1) is 0 Å². The fraction of sp³-hybridized carbons (Fsp3) is 0.364. The van der Waals surface area contributed by atoms with Crippen molar-refractivity contribution in [1.29, 1.82) is 0 Å². The smallest absolute Gasteiger partial charge is 0.248 e. The van der Waals surface area contributed by atoms with Crippen LogP contribution in [0.3, 0.4) is 0 Å². The highest BCUT2D eigenvalue weighted by molar-refractivity contribution is 6.02. The molecule has 1 aromatic carbocycles. The highest BCUT2D eigenvalue weighted by Gasteiger charge is 2.32. The summed E-state index contributed by atoms with van der Waals surface area (Å²) >= 11 is 0. The first kappa shape index (κ1) is 16.5. The lowest BCUT2D eigenvalue weighted by Crippen LogP contribution is -2.32. The number of amidine groups is 1. The van der Waals surface area contributed by atoms with Gasteiger partial charge in [0.25, 0.3) is 0 Å². The molecule has 0 aliphatic carbocycles. The number of carbonyl (C=O) groups is 1. The number of amides is 1. The minimum absolute atomic E-state index is 0.0574. The molecule has 4 aliphatic rings. The summed E-state index contributed by atoms with van der Waals surface area (Å²) in [6.45, 7) is 3.20. The van der Waals surface area contributed by atoms with E-state index in [-0.39, 0.29) is 5.91 Å². The third kappa shape index (κ3) is 2.92. The molecular weight excluding hydrogens is 336 g/mol. The second-order valence-electron chi connectivity index (χ2n) is 7.81. The Hall–Kier alpha value is -2.66. The van der Waals surface area contributed by atoms with Crippen LogP contribution >= 0.6 is 0 Å². The summed E-state index contributed by atoms with van der Waals surface area (Å²) in [5, 5.41) is 3.01. The largest absolute Gasteiger partial charge is 0.324 e. The second-order valence-corrected chi connectivity index (χ2v) is 7.81. The lowest BCUT2D eigenvalue weighted by Gasteiger charge is -2.30. The molecule has 5 nitrogen and oxygen atoms in total. The average Bonchev–Trinajstić information content (AvgIpc) is 3.02. The van der Waals surface area contributed by atoms with Crippen molar-refractivity contribution in [3.63, 3.8) is 0 Å². The number of piperidine rings is 1. The van der Waals surface area contributed by atoms with Gasteiger partial charge in [-0.2, -0.15) is 0 Å². The van der Waals surface area contributed by atoms with Crippen molar-refractivity contribution in [1.82, 2.24) is 15.1 Å². The lowest BCUT2D eigenvalue weighted by atomic mass is 9.90. The molecule has 4 aliphatic heterocycles. The van der Waals surface area contributed by atoms with Crippen molar-refractivity contribution in [3.8, 4) is 0 Å². The van der Waals surface area contributed by atoms with Crippen LogP contribution in [-0.2, 0) is 4.79 Å². The van der Waals surface area contributed by atoms with E-state index in [0.29, 0.717) is 5.92 Å². The quantitative estimate of drug-likeness (QED) is 0.882. The van der Waals surface area contributed by atoms with Crippen LogP contribution in [0.15, 0.2) is 64.6 Å². The van der Waals surface area contributed by atoms with Gasteiger partial charge in [0.2, 0.25) is 5.91 Å². The second kappa shape index (κ2) is 6.50. The first-order valence-electron chi connectivity index (χ1n) is 9.76. The molecule has 5 heteroatoms. The number of rotatable bonds is 2. The highest BCUT2D eigenvalue weighted by atomic mass is 16.1. The Morgan fingerprint density at radius 1 is 1.15 bits per heavy atom. The monoisotopic (exact) mass is 360 g/mol. The average molecular weight is 360 g/mol. The Morgan fingerprint density at radius 2 is 2.00 bits per heavy atom. The van der Waals surface area contributed by atoms with E-state index in [4.69, 9.17) is 4.99 Å². The van der Waals surface area contributed by atoms with Crippen molar-refractivity contribution in [2.24, 2.45) is 4.99 Å². The van der Waals surface area contributed by atoms with Crippen LogP contribution in [0.25, 0.3) is 0 Å². The minimum Gasteiger partial charge on any atom is -0.324 e. The molecule has 0 spiro atoms. The molecule has 1 unspecified atom stereocenters. The van der Waals surface area contributed by atoms with Crippen LogP contribution in [0.5, 0.6) is 0 Å². The highest BCUT2D eigenvalue weighted by Crippen LogP contribution is 2.34. The van der Waals surface area contributed by atoms with Gasteiger partial charge in [-0.3, -0.25) is 4.79 Å². The number of likely N-dealkylation sites (tertiary alicyclic amines) is 1. The Morgan fingerprint density at radius 3 is 2.81 bits per heavy atom. The molecule has 1 fully saturated rings. The molecule has 4 heterocycles. The zero-order valence-electron chi connectivity index (χ0n) is 15.6. The third-order valence-electron chi connectivity index (χ3n) is 5.95. The van der Waals surface area contributed by atoms with Crippen molar-refractivity contribution < 1.29 is 4.79 Å². The first-order valence-corrected chi connectivity index (χ1v) is 9.76. The topological polar surface area (TPSA) is 47.9 Å². The van der Waals surface area contributed by atoms with Gasteiger partial charge in [0.05, 0.1) is 5.70 Å². The molecular formula is C22H24N4O. The zero-order valence-corrected chi connectivity index (χ0v) is 15.6. The molecule has 1 saturated heterocycles. The Bertz CT molecular complexity index is 907. The van der Waals surface area contributed by atoms with Crippen molar-refractivity contribution >= 4 is 11.7 Å². The summed E-state index contributed by atoms with van der Waals surface area (Å²) in [6.07, 6.45) is 8.70. The van der Waals surface area contributed by atoms with Crippen LogP contribution < -0.4 is 5.32 Å². The van der Waals surface area contributed by atoms with Crippen molar-refractivity contribution in [2.75, 3.05) is 26.7 Å². The van der Waals surface area contributed by atoms with Crippen molar-refractivity contribution in [3.05, 3.63) is 70.7 Å². The maximum atomic E-state index is 11.9. The number of allylic oxidation sites excluding steroid dienone is 1. The number of carbonyl (C=O) groups excluding carboxylic acids is 1. The van der Waals surface area contributed by atoms with E-state index in [2.05, 4.69) is 46.4 Å². The summed E-state index contributed by atoms with van der Waals surface area (Å²) in [5.41, 5.74) is 5.66. The number of nitrogens with one attached hydrogen (secondary N) is 1. The number of hydrogen-bond acceptors (Lipinski definition) is 4. The van der Waals surface area contributed by atoms with E-state index in [1.54, 1.807) is 6.08 Å². The van der Waals surface area contributed by atoms with Gasteiger partial charge in [0, 0.05) is 48.6 Å². The summed E-state index contributed by atoms with van der Waals surface area (Å²) in [7, 11) is 2.21. The molecule has 0 radical (unpaired) electrons. The molecule has 1 atom stereocenters. The summed E-state index contributed by atoms with van der Waals surface area (Å²) in [6, 6.07) is 8.93. The number of nitrogens with zero attached hydrogens (tertiary/aromatic N) is 3. The molecule has 0 aromatic heterocycles. The van der Waals surface area contributed by atoms with E-state index < -0.39 is 0 Å². The van der Waals surface area contributed by atoms with Gasteiger partial charge in [0.1, 0.15) is 5.84 Å². The fourth-order valence-corrected chi connectivity index (χ4v) is 4.59. The molecule has 138 valence electrons. The van der Waals surface area contributed by atoms with Gasteiger partial charge >= 0.3 is 0 Å². The maximum absolute atomic E-state index is 11.9. The number of hydrogen-bond donors (Lipinski definition) is 1. The predicted octanol–water partition coefficient (Wildman–Crippen LogP) is 2.74. The van der Waals surface area contributed by atoms with Crippen LogP contribution in [0.4, 0.5) is 0 Å². The number of benzene rings is 1. The molecule has 1 N–H and O–H groups in total. The van der Waals surface area contributed by atoms with Gasteiger partial charge < -0.3 is 15.1 Å². The molecule has 0 bridgehead atoms. The maximum Gasteiger partial charge on any atom is 0.248 e. The van der Waals surface area contributed by atoms with Gasteiger partial charge in [-0.25, -0.2) is 4.99 Å². The first-order chi connectivity index (χ1) is 13.2. The lowest BCUT2D eigenvalue weighted by molar-refractivity contribution is -0.115. The molecule has 27 heavy (non-hydrogen) atoms. The molecule has 1 aromatic rings. The van der Waals surface area contributed by atoms with Crippen LogP contribution in [0.1, 0.15) is 36.3 Å². The van der Waals surface area contributed by atoms with E-state index in [1.165, 1.54) is 24.9 Å². The molecule has 0 saturated carbocycles. The molecule has 1 amide bonds. The Labute approximate surface area is 159 Å². The predicted molar refractivity (Wildman–Crippen MR) is 106 cm³/mol. The summed E-state index contributed by atoms with van der Waals surface area (Å²) < 4.78 is 0. The summed E-state index contributed by atoms with van der Waals surface area (Å²) in [4.78, 5) is 21.3. The van der Waals surface area contributed by atoms with Crippen molar-refractivity contribution in [2.45, 2.75) is 25.2 Å². The third-order valence-corrected chi connectivity index (χ3v) is 5.95. The van der Waals surface area contributed by atoms with Crippen LogP contribution in [0, 0.1) is 0 Å². The molecule has 5 rings (SSSR count). The normalized spacial score (nSPS) is 25.0. The van der Waals surface area contributed by atoms with Crippen LogP contribution in [-0.4, -0.2) is 48.2 Å². The van der Waals surface area contributed by atoms with E-state index in [0.717, 1.165) is 47.9 Å². The van der Waals surface area contributed by atoms with E-state index >= 15 is 0 Å². The SMILES string of the molecule is CN1CCCC(c2ccc(C3=NC=C4C=CC(=O)NC5=C4N3CC5)cc2)C1. The standard InChI is InChI=1S/C22H24N4O/c1-25-11-2-3-18(14-25)15-4-6-16(7-5-15)22-23-13-17-8-9-20(27)24-19-10-12-26(22)21(17)19/h4-9,13,18H,2-3,10-12,14H2,1H3,(H,24,27). The van der Waals surface area contributed by atoms with E-state index in [9.17, 15) is 4.79 Å². The van der Waals surface area contributed by atoms with E-state index in [1.807, 2.05) is 12.3 Å². The van der Waals surface area contributed by atoms with Gasteiger partial charge in [-0.05, 0) is 44.0 Å². The van der Waals surface area contributed by atoms with Gasteiger partial charge in [0.15, 0.2) is 0 Å². The van der Waals surface area contributed by atoms with Crippen LogP contribution in [0.2, 0.25) is 0 Å². The summed E-state index contributed by atoms with van der Waals surface area (Å²) in [5.74, 6) is 1.54. The number of aliphatic imine (C=N–C) groups is 1. The fourth-order valence-electron chi connectivity index (χ4n) is 4.59. The zero-order chi connectivity index (χ0) is 18.4. The Kier molecular flexibility index (Phi) is 3.97.